The minimum atomic E-state index is 0.525. The summed E-state index contributed by atoms with van der Waals surface area (Å²) >= 11 is 0. The van der Waals surface area contributed by atoms with E-state index in [1.807, 2.05) is 10.9 Å². The lowest BCUT2D eigenvalue weighted by atomic mass is 10.3. The Hall–Kier alpha value is -1.06. The molecule has 1 aliphatic carbocycles. The Kier molecular flexibility index (Phi) is 1.52. The van der Waals surface area contributed by atoms with Gasteiger partial charge in [0.25, 0.3) is 0 Å². The van der Waals surface area contributed by atoms with E-state index in [4.69, 9.17) is 5.73 Å². The fourth-order valence-corrected chi connectivity index (χ4v) is 1.64. The van der Waals surface area contributed by atoms with Gasteiger partial charge in [-0.15, -0.1) is 5.10 Å². The molecule has 0 aliphatic heterocycles. The molecule has 1 heterocycles. The third-order valence-corrected chi connectivity index (χ3v) is 2.23. The van der Waals surface area contributed by atoms with Crippen LogP contribution in [-0.2, 0) is 0 Å². The number of hydrogen-bond donors (Lipinski definition) is 1. The first kappa shape index (κ1) is 6.64. The zero-order valence-corrected chi connectivity index (χ0v) is 6.40. The Labute approximate surface area is 65.4 Å². The third kappa shape index (κ3) is 1.20. The van der Waals surface area contributed by atoms with Crippen LogP contribution in [-0.4, -0.2) is 15.0 Å². The number of nitrogen functional groups attached to an aromatic ring is 1. The first-order valence-electron chi connectivity index (χ1n) is 4.03. The second kappa shape index (κ2) is 2.53. The lowest BCUT2D eigenvalue weighted by Gasteiger charge is -2.06. The zero-order valence-electron chi connectivity index (χ0n) is 6.40. The van der Waals surface area contributed by atoms with Crippen LogP contribution in [0.5, 0.6) is 0 Å². The highest BCUT2D eigenvalue weighted by molar-refractivity contribution is 5.20. The van der Waals surface area contributed by atoms with Crippen molar-refractivity contribution in [1.82, 2.24) is 15.0 Å². The molecule has 1 aromatic rings. The van der Waals surface area contributed by atoms with Gasteiger partial charge in [-0.3, -0.25) is 0 Å². The topological polar surface area (TPSA) is 56.7 Å². The number of aromatic nitrogens is 3. The van der Waals surface area contributed by atoms with Crippen molar-refractivity contribution in [2.24, 2.45) is 0 Å². The largest absolute Gasteiger partial charge is 0.381 e. The molecule has 0 aromatic carbocycles. The zero-order chi connectivity index (χ0) is 7.68. The minimum Gasteiger partial charge on any atom is -0.381 e. The molecule has 0 bridgehead atoms. The van der Waals surface area contributed by atoms with Crippen LogP contribution >= 0.6 is 0 Å². The lowest BCUT2D eigenvalue weighted by molar-refractivity contribution is 0.454. The van der Waals surface area contributed by atoms with E-state index in [1.54, 1.807) is 0 Å². The van der Waals surface area contributed by atoms with Crippen molar-refractivity contribution in [3.8, 4) is 0 Å². The molecule has 11 heavy (non-hydrogen) atoms. The summed E-state index contributed by atoms with van der Waals surface area (Å²) in [6.45, 7) is 0. The van der Waals surface area contributed by atoms with E-state index in [9.17, 15) is 0 Å². The van der Waals surface area contributed by atoms with Gasteiger partial charge in [0.2, 0.25) is 0 Å². The monoisotopic (exact) mass is 152 g/mol. The van der Waals surface area contributed by atoms with Crippen molar-refractivity contribution in [3.63, 3.8) is 0 Å². The highest BCUT2D eigenvalue weighted by Gasteiger charge is 2.17. The standard InChI is InChI=1S/C7H12N4/c8-7-5-11(10-9-7)6-3-1-2-4-6/h5-6H,1-4,8H2. The van der Waals surface area contributed by atoms with Gasteiger partial charge in [0.05, 0.1) is 12.2 Å². The van der Waals surface area contributed by atoms with Gasteiger partial charge in [-0.2, -0.15) is 0 Å². The van der Waals surface area contributed by atoms with E-state index in [0.717, 1.165) is 0 Å². The van der Waals surface area contributed by atoms with E-state index >= 15 is 0 Å². The van der Waals surface area contributed by atoms with Gasteiger partial charge in [0, 0.05) is 0 Å². The van der Waals surface area contributed by atoms with Crippen molar-refractivity contribution in [2.75, 3.05) is 5.73 Å². The summed E-state index contributed by atoms with van der Waals surface area (Å²) in [6.07, 6.45) is 6.89. The Balaban J connectivity index is 2.15. The Morgan fingerprint density at radius 1 is 1.45 bits per heavy atom. The summed E-state index contributed by atoms with van der Waals surface area (Å²) in [5.41, 5.74) is 5.45. The van der Waals surface area contributed by atoms with Crippen molar-refractivity contribution < 1.29 is 0 Å². The van der Waals surface area contributed by atoms with E-state index in [2.05, 4.69) is 10.3 Å². The number of anilines is 1. The van der Waals surface area contributed by atoms with Gasteiger partial charge in [0.15, 0.2) is 5.82 Å². The molecule has 0 radical (unpaired) electrons. The van der Waals surface area contributed by atoms with Crippen molar-refractivity contribution >= 4 is 5.82 Å². The quantitative estimate of drug-likeness (QED) is 0.652. The van der Waals surface area contributed by atoms with Crippen LogP contribution in [0.2, 0.25) is 0 Å². The van der Waals surface area contributed by atoms with Crippen molar-refractivity contribution in [1.29, 1.82) is 0 Å². The molecule has 0 saturated heterocycles. The summed E-state index contributed by atoms with van der Waals surface area (Å²) in [5.74, 6) is 0.525. The molecule has 1 saturated carbocycles. The highest BCUT2D eigenvalue weighted by atomic mass is 15.4. The molecule has 1 aliphatic rings. The summed E-state index contributed by atoms with van der Waals surface area (Å²) in [5, 5.41) is 7.69. The van der Waals surface area contributed by atoms with Crippen LogP contribution in [0, 0.1) is 0 Å². The lowest BCUT2D eigenvalue weighted by Crippen LogP contribution is -2.04. The average Bonchev–Trinajstić information content (AvgIpc) is 2.55. The molecule has 0 spiro atoms. The smallest absolute Gasteiger partial charge is 0.165 e. The van der Waals surface area contributed by atoms with Gasteiger partial charge in [-0.25, -0.2) is 4.68 Å². The SMILES string of the molecule is Nc1cn(C2CCCC2)nn1. The maximum Gasteiger partial charge on any atom is 0.165 e. The first-order valence-corrected chi connectivity index (χ1v) is 4.03. The normalized spacial score (nSPS) is 19.3. The molecule has 2 rings (SSSR count). The number of nitrogens with two attached hydrogens (primary N) is 1. The average molecular weight is 152 g/mol. The maximum atomic E-state index is 5.45. The molecule has 60 valence electrons. The van der Waals surface area contributed by atoms with E-state index in [1.165, 1.54) is 25.7 Å². The number of rotatable bonds is 1. The van der Waals surface area contributed by atoms with E-state index < -0.39 is 0 Å². The molecule has 1 aromatic heterocycles. The fraction of sp³-hybridized carbons (Fsp3) is 0.714. The number of hydrogen-bond acceptors (Lipinski definition) is 3. The highest BCUT2D eigenvalue weighted by Crippen LogP contribution is 2.28. The van der Waals surface area contributed by atoms with Crippen LogP contribution in [0.3, 0.4) is 0 Å². The second-order valence-electron chi connectivity index (χ2n) is 3.06. The van der Waals surface area contributed by atoms with E-state index in [0.29, 0.717) is 11.9 Å². The Morgan fingerprint density at radius 3 is 2.73 bits per heavy atom. The van der Waals surface area contributed by atoms with Gasteiger partial charge < -0.3 is 5.73 Å². The summed E-state index contributed by atoms with van der Waals surface area (Å²) in [7, 11) is 0. The molecule has 1 fully saturated rings. The van der Waals surface area contributed by atoms with Gasteiger partial charge in [-0.1, -0.05) is 18.1 Å². The molecule has 2 N–H and O–H groups in total. The molecular formula is C7H12N4. The van der Waals surface area contributed by atoms with Crippen LogP contribution in [0.15, 0.2) is 6.20 Å². The second-order valence-corrected chi connectivity index (χ2v) is 3.06. The van der Waals surface area contributed by atoms with Crippen molar-refractivity contribution in [3.05, 3.63) is 6.20 Å². The van der Waals surface area contributed by atoms with Crippen LogP contribution < -0.4 is 5.73 Å². The maximum absolute atomic E-state index is 5.45. The van der Waals surface area contributed by atoms with Gasteiger partial charge in [-0.05, 0) is 12.8 Å². The van der Waals surface area contributed by atoms with Crippen LogP contribution in [0.25, 0.3) is 0 Å². The molecule has 0 atom stereocenters. The minimum absolute atomic E-state index is 0.525. The number of nitrogens with zero attached hydrogens (tertiary/aromatic N) is 3. The molecule has 0 unspecified atom stereocenters. The first-order chi connectivity index (χ1) is 5.36. The Bertz CT molecular complexity index is 236. The van der Waals surface area contributed by atoms with Crippen LogP contribution in [0.4, 0.5) is 5.82 Å². The summed E-state index contributed by atoms with van der Waals surface area (Å²) < 4.78 is 1.89. The fourth-order valence-electron chi connectivity index (χ4n) is 1.64. The van der Waals surface area contributed by atoms with Gasteiger partial charge in [0.1, 0.15) is 0 Å². The summed E-state index contributed by atoms with van der Waals surface area (Å²) in [6, 6.07) is 0.555. The molecule has 4 nitrogen and oxygen atoms in total. The summed E-state index contributed by atoms with van der Waals surface area (Å²) in [4.78, 5) is 0. The van der Waals surface area contributed by atoms with Gasteiger partial charge >= 0.3 is 0 Å². The molecular weight excluding hydrogens is 140 g/mol. The molecule has 0 amide bonds. The van der Waals surface area contributed by atoms with Crippen LogP contribution in [0.1, 0.15) is 31.7 Å². The van der Waals surface area contributed by atoms with E-state index in [-0.39, 0.29) is 0 Å². The third-order valence-electron chi connectivity index (χ3n) is 2.23. The predicted molar refractivity (Wildman–Crippen MR) is 41.9 cm³/mol. The molecule has 4 heteroatoms. The Morgan fingerprint density at radius 2 is 2.18 bits per heavy atom. The van der Waals surface area contributed by atoms with Crippen molar-refractivity contribution in [2.45, 2.75) is 31.7 Å². The predicted octanol–water partition coefficient (Wildman–Crippen LogP) is 0.975.